The zero-order valence-electron chi connectivity index (χ0n) is 26.2. The summed E-state index contributed by atoms with van der Waals surface area (Å²) in [6.07, 6.45) is 5.07. The average molecular weight is 676 g/mol. The first-order valence-corrected chi connectivity index (χ1v) is 15.9. The third-order valence-corrected chi connectivity index (χ3v) is 8.85. The molecule has 248 valence electrons. The van der Waals surface area contributed by atoms with Crippen LogP contribution in [0.4, 0.5) is 18.9 Å². The van der Waals surface area contributed by atoms with Crippen molar-refractivity contribution in [3.8, 4) is 17.0 Å². The fourth-order valence-electron chi connectivity index (χ4n) is 5.27. The lowest BCUT2D eigenvalue weighted by atomic mass is 9.92. The number of carbonyl (C=O) groups excluding carboxylic acids is 2. The van der Waals surface area contributed by atoms with Gasteiger partial charge in [0.05, 0.1) is 35.1 Å². The maximum Gasteiger partial charge on any atom is 0.254 e. The minimum Gasteiger partial charge on any atom is -0.495 e. The van der Waals surface area contributed by atoms with Crippen molar-refractivity contribution >= 4 is 35.3 Å². The van der Waals surface area contributed by atoms with E-state index in [0.717, 1.165) is 31.7 Å². The quantitative estimate of drug-likeness (QED) is 0.0915. The molecule has 3 aromatic carbocycles. The Labute approximate surface area is 280 Å². The van der Waals surface area contributed by atoms with Gasteiger partial charge in [0.1, 0.15) is 23.1 Å². The summed E-state index contributed by atoms with van der Waals surface area (Å²) in [7, 11) is 1.45. The van der Waals surface area contributed by atoms with Gasteiger partial charge < -0.3 is 21.1 Å². The Balaban J connectivity index is 1.40. The summed E-state index contributed by atoms with van der Waals surface area (Å²) >= 11 is 5.96. The van der Waals surface area contributed by atoms with E-state index in [0.29, 0.717) is 28.6 Å². The number of aliphatic imine (C=N–C) groups is 1. The summed E-state index contributed by atoms with van der Waals surface area (Å²) < 4.78 is 50.8. The van der Waals surface area contributed by atoms with Crippen molar-refractivity contribution < 1.29 is 27.5 Å². The van der Waals surface area contributed by atoms with Crippen LogP contribution in [0.25, 0.3) is 11.3 Å². The Morgan fingerprint density at radius 2 is 1.81 bits per heavy atom. The predicted octanol–water partition coefficient (Wildman–Crippen LogP) is 6.84. The number of rotatable bonds is 11. The van der Waals surface area contributed by atoms with E-state index in [-0.39, 0.29) is 29.4 Å². The molecule has 1 aromatic heterocycles. The van der Waals surface area contributed by atoms with Crippen molar-refractivity contribution in [3.05, 3.63) is 111 Å². The van der Waals surface area contributed by atoms with Crippen LogP contribution in [0.5, 0.6) is 5.75 Å². The first-order valence-electron chi connectivity index (χ1n) is 15.5. The molecule has 2 fully saturated rings. The van der Waals surface area contributed by atoms with Crippen LogP contribution >= 0.6 is 11.6 Å². The van der Waals surface area contributed by atoms with Crippen molar-refractivity contribution in [2.45, 2.75) is 50.1 Å². The van der Waals surface area contributed by atoms with Gasteiger partial charge in [-0.3, -0.25) is 14.6 Å². The van der Waals surface area contributed by atoms with Gasteiger partial charge in [-0.2, -0.15) is 0 Å². The molecule has 4 N–H and O–H groups in total. The van der Waals surface area contributed by atoms with Gasteiger partial charge in [-0.1, -0.05) is 41.9 Å². The standard InChI is InChI=1S/C36H33ClF3N5O3/c1-36(10-11-36)45-35(47)24-15-29(44-33(31(24)40)23-14-26(37)28(39)16-27(23)38)25(19-6-4-3-5-7-19)18-43-34(46)20-12-21(17-42-22-8-9-22)32(41)30(13-20)48-2/h3-7,12-17,22,25H,8-11,18,41H2,1-2H3,(H,43,46)(H,45,47). The predicted molar refractivity (Wildman–Crippen MR) is 178 cm³/mol. The maximum absolute atomic E-state index is 16.1. The Morgan fingerprint density at radius 3 is 2.48 bits per heavy atom. The van der Waals surface area contributed by atoms with Crippen molar-refractivity contribution in [2.24, 2.45) is 4.99 Å². The number of nitrogens with two attached hydrogens (primary N) is 1. The van der Waals surface area contributed by atoms with E-state index < -0.39 is 57.0 Å². The molecular formula is C36H33ClF3N5O3. The molecule has 0 radical (unpaired) electrons. The number of aromatic nitrogens is 1. The van der Waals surface area contributed by atoms with E-state index in [9.17, 15) is 14.0 Å². The number of halogens is 4. The molecule has 0 bridgehead atoms. The second-order valence-corrected chi connectivity index (χ2v) is 12.8. The van der Waals surface area contributed by atoms with Crippen molar-refractivity contribution in [3.63, 3.8) is 0 Å². The van der Waals surface area contributed by atoms with Crippen LogP contribution in [0.15, 0.2) is 65.7 Å². The van der Waals surface area contributed by atoms with Crippen LogP contribution in [0.2, 0.25) is 5.02 Å². The van der Waals surface area contributed by atoms with Gasteiger partial charge in [0.15, 0.2) is 5.82 Å². The molecule has 2 aliphatic rings. The molecule has 2 saturated carbocycles. The maximum atomic E-state index is 16.1. The van der Waals surface area contributed by atoms with Crippen molar-refractivity contribution in [1.82, 2.24) is 15.6 Å². The number of hydrogen-bond donors (Lipinski definition) is 3. The van der Waals surface area contributed by atoms with Gasteiger partial charge in [0.25, 0.3) is 11.8 Å². The molecule has 1 heterocycles. The van der Waals surface area contributed by atoms with E-state index >= 15 is 8.78 Å². The highest BCUT2D eigenvalue weighted by Crippen LogP contribution is 2.37. The van der Waals surface area contributed by atoms with Gasteiger partial charge in [0.2, 0.25) is 0 Å². The Morgan fingerprint density at radius 1 is 1.08 bits per heavy atom. The lowest BCUT2D eigenvalue weighted by Gasteiger charge is -2.21. The van der Waals surface area contributed by atoms with E-state index in [1.54, 1.807) is 42.6 Å². The molecule has 48 heavy (non-hydrogen) atoms. The third kappa shape index (κ3) is 7.16. The lowest BCUT2D eigenvalue weighted by molar-refractivity contribution is 0.0927. The topological polar surface area (TPSA) is 119 Å². The summed E-state index contributed by atoms with van der Waals surface area (Å²) in [4.78, 5) is 36.0. The van der Waals surface area contributed by atoms with Gasteiger partial charge in [-0.15, -0.1) is 0 Å². The largest absolute Gasteiger partial charge is 0.495 e. The van der Waals surface area contributed by atoms with Gasteiger partial charge in [-0.25, -0.2) is 18.2 Å². The normalized spacial score (nSPS) is 15.6. The molecule has 0 saturated heterocycles. The van der Waals surface area contributed by atoms with Crippen molar-refractivity contribution in [1.29, 1.82) is 0 Å². The molecule has 0 aliphatic heterocycles. The first-order chi connectivity index (χ1) is 23.0. The molecule has 1 atom stereocenters. The van der Waals surface area contributed by atoms with Crippen LogP contribution in [0, 0.1) is 17.5 Å². The van der Waals surface area contributed by atoms with Crippen LogP contribution in [0.1, 0.15) is 76.1 Å². The third-order valence-electron chi connectivity index (χ3n) is 8.56. The van der Waals surface area contributed by atoms with E-state index in [1.807, 2.05) is 6.92 Å². The number of methoxy groups -OCH3 is 1. The molecule has 2 aliphatic carbocycles. The van der Waals surface area contributed by atoms with Gasteiger partial charge in [-0.05, 0) is 62.4 Å². The fourth-order valence-corrected chi connectivity index (χ4v) is 5.43. The Hall–Kier alpha value is -4.90. The van der Waals surface area contributed by atoms with Crippen LogP contribution in [0.3, 0.4) is 0 Å². The first kappa shape index (κ1) is 33.0. The highest BCUT2D eigenvalue weighted by molar-refractivity contribution is 6.31. The molecule has 12 heteroatoms. The average Bonchev–Trinajstić information content (AvgIpc) is 4.01. The summed E-state index contributed by atoms with van der Waals surface area (Å²) in [5, 5.41) is 5.30. The number of ether oxygens (including phenoxy) is 1. The number of nitrogens with one attached hydrogen (secondary N) is 2. The SMILES string of the molecule is COc1cc(C(=O)NCC(c2ccccc2)c2cc(C(=O)NC3(C)CC3)c(F)c(-c3cc(Cl)c(F)cc3F)n2)cc(C=NC2CC2)c1N. The Bertz CT molecular complexity index is 1930. The number of hydrogen-bond acceptors (Lipinski definition) is 6. The monoisotopic (exact) mass is 675 g/mol. The van der Waals surface area contributed by atoms with E-state index in [4.69, 9.17) is 22.1 Å². The molecule has 4 aromatic rings. The number of benzene rings is 3. The summed E-state index contributed by atoms with van der Waals surface area (Å²) in [6.45, 7) is 1.79. The Kier molecular flexibility index (Phi) is 9.15. The zero-order chi connectivity index (χ0) is 34.2. The number of carbonyl (C=O) groups is 2. The molecular weight excluding hydrogens is 643 g/mol. The fraction of sp³-hybridized carbons (Fsp3) is 0.278. The molecule has 1 unspecified atom stereocenters. The summed E-state index contributed by atoms with van der Waals surface area (Å²) in [5.41, 5.74) is 6.43. The van der Waals surface area contributed by atoms with Gasteiger partial charge >= 0.3 is 0 Å². The number of nitrogens with zero attached hydrogens (tertiary/aromatic N) is 2. The summed E-state index contributed by atoms with van der Waals surface area (Å²) in [5.74, 6) is -4.83. The van der Waals surface area contributed by atoms with Crippen LogP contribution < -0.4 is 21.1 Å². The molecule has 0 spiro atoms. The second kappa shape index (κ2) is 13.3. The summed E-state index contributed by atoms with van der Waals surface area (Å²) in [6, 6.07) is 15.1. The highest BCUT2D eigenvalue weighted by atomic mass is 35.5. The minimum absolute atomic E-state index is 0.0511. The molecule has 6 rings (SSSR count). The lowest BCUT2D eigenvalue weighted by Crippen LogP contribution is -2.35. The van der Waals surface area contributed by atoms with Crippen LogP contribution in [-0.4, -0.2) is 48.2 Å². The van der Waals surface area contributed by atoms with Crippen molar-refractivity contribution in [2.75, 3.05) is 19.4 Å². The molecule has 2 amide bonds. The van der Waals surface area contributed by atoms with Gasteiger partial charge in [0, 0.05) is 47.0 Å². The second-order valence-electron chi connectivity index (χ2n) is 12.4. The number of anilines is 1. The minimum atomic E-state index is -1.11. The number of pyridine rings is 1. The zero-order valence-corrected chi connectivity index (χ0v) is 27.0. The van der Waals surface area contributed by atoms with E-state index in [2.05, 4.69) is 20.6 Å². The van der Waals surface area contributed by atoms with E-state index in [1.165, 1.54) is 19.2 Å². The number of nitrogen functional groups attached to an aromatic ring is 1. The molecule has 8 nitrogen and oxygen atoms in total. The number of amides is 2. The highest BCUT2D eigenvalue weighted by Gasteiger charge is 2.40. The van der Waals surface area contributed by atoms with Crippen LogP contribution in [-0.2, 0) is 0 Å². The smallest absolute Gasteiger partial charge is 0.254 e.